The Bertz CT molecular complexity index is 759. The molecule has 23 heavy (non-hydrogen) atoms. The molecular formula is C16H15N3O3S. The van der Waals surface area contributed by atoms with Crippen LogP contribution in [-0.4, -0.2) is 17.7 Å². The van der Waals surface area contributed by atoms with Crippen molar-refractivity contribution in [3.8, 4) is 0 Å². The molecule has 2 aromatic carbocycles. The van der Waals surface area contributed by atoms with Gasteiger partial charge in [0.15, 0.2) is 5.78 Å². The molecule has 6 nitrogen and oxygen atoms in total. The van der Waals surface area contributed by atoms with Crippen LogP contribution in [-0.2, 0) is 0 Å². The second kappa shape index (κ2) is 6.97. The average Bonchev–Trinajstić information content (AvgIpc) is 2.54. The number of hydrogen-bond acceptors (Lipinski definition) is 4. The number of rotatable bonds is 4. The van der Waals surface area contributed by atoms with Crippen molar-refractivity contribution in [2.75, 3.05) is 9.62 Å². The third kappa shape index (κ3) is 4.10. The molecule has 0 aliphatic rings. The fourth-order valence-corrected chi connectivity index (χ4v) is 2.06. The van der Waals surface area contributed by atoms with Crippen molar-refractivity contribution in [2.45, 2.75) is 6.92 Å². The van der Waals surface area contributed by atoms with Gasteiger partial charge in [0.25, 0.3) is 0 Å². The first kappa shape index (κ1) is 16.6. The molecule has 3 N–H and O–H groups in total. The van der Waals surface area contributed by atoms with Gasteiger partial charge in [-0.15, -0.1) is 0 Å². The molecule has 0 spiro atoms. The van der Waals surface area contributed by atoms with Crippen molar-refractivity contribution in [3.63, 3.8) is 0 Å². The third-order valence-electron chi connectivity index (χ3n) is 3.11. The number of carbonyl (C=O) groups excluding carboxylic acids is 3. The number of nitrogens with two attached hydrogens (primary N) is 1. The van der Waals surface area contributed by atoms with Crippen LogP contribution in [0.5, 0.6) is 0 Å². The molecule has 0 aliphatic carbocycles. The number of hydrogen-bond donors (Lipinski definition) is 3. The van der Waals surface area contributed by atoms with Gasteiger partial charge < -0.3 is 11.1 Å². The maximum Gasteiger partial charge on any atom is 0.336 e. The zero-order valence-electron chi connectivity index (χ0n) is 12.3. The molecule has 0 fully saturated rings. The summed E-state index contributed by atoms with van der Waals surface area (Å²) in [6.45, 7) is 1.45. The highest BCUT2D eigenvalue weighted by Crippen LogP contribution is 2.19. The molecule has 0 unspecified atom stereocenters. The minimum absolute atomic E-state index is 0.0918. The van der Waals surface area contributed by atoms with Gasteiger partial charge in [0, 0.05) is 16.8 Å². The number of amides is 3. The lowest BCUT2D eigenvalue weighted by molar-refractivity contribution is 0.0996. The number of benzene rings is 2. The number of nitrogens with zero attached hydrogens (tertiary/aromatic N) is 1. The highest BCUT2D eigenvalue weighted by Gasteiger charge is 2.13. The first-order valence-electron chi connectivity index (χ1n) is 6.69. The minimum atomic E-state index is -0.548. The van der Waals surface area contributed by atoms with Crippen LogP contribution < -0.4 is 15.4 Å². The summed E-state index contributed by atoms with van der Waals surface area (Å²) in [4.78, 5) is 34.6. The van der Waals surface area contributed by atoms with E-state index < -0.39 is 11.9 Å². The van der Waals surface area contributed by atoms with Crippen LogP contribution >= 0.6 is 12.8 Å². The Morgan fingerprint density at radius 1 is 1.04 bits per heavy atom. The molecule has 7 heteroatoms. The molecule has 2 rings (SSSR count). The Morgan fingerprint density at radius 3 is 2.26 bits per heavy atom. The van der Waals surface area contributed by atoms with Gasteiger partial charge in [-0.05, 0) is 43.3 Å². The summed E-state index contributed by atoms with van der Waals surface area (Å²) in [5, 5.41) is 2.64. The number of ketones is 1. The predicted octanol–water partition coefficient (Wildman–Crippen LogP) is 2.87. The number of nitrogens with one attached hydrogen (secondary N) is 1. The van der Waals surface area contributed by atoms with Crippen LogP contribution in [0.15, 0.2) is 48.5 Å². The lowest BCUT2D eigenvalue weighted by Crippen LogP contribution is -2.26. The van der Waals surface area contributed by atoms with Crippen molar-refractivity contribution >= 4 is 41.9 Å². The molecule has 0 radical (unpaired) electrons. The number of carbonyl (C=O) groups is 3. The number of primary amides is 1. The van der Waals surface area contributed by atoms with E-state index in [-0.39, 0.29) is 5.78 Å². The number of anilines is 2. The van der Waals surface area contributed by atoms with Gasteiger partial charge in [0.1, 0.15) is 0 Å². The van der Waals surface area contributed by atoms with Crippen LogP contribution in [0.2, 0.25) is 0 Å². The van der Waals surface area contributed by atoms with E-state index in [1.807, 2.05) is 0 Å². The summed E-state index contributed by atoms with van der Waals surface area (Å²) in [6.07, 6.45) is 0. The van der Waals surface area contributed by atoms with Crippen LogP contribution in [0.4, 0.5) is 16.2 Å². The van der Waals surface area contributed by atoms with E-state index in [9.17, 15) is 14.4 Å². The normalized spacial score (nSPS) is 10.0. The summed E-state index contributed by atoms with van der Waals surface area (Å²) in [7, 11) is 0. The monoisotopic (exact) mass is 329 g/mol. The topological polar surface area (TPSA) is 92.5 Å². The van der Waals surface area contributed by atoms with Crippen molar-refractivity contribution in [3.05, 3.63) is 59.7 Å². The van der Waals surface area contributed by atoms with Gasteiger partial charge >= 0.3 is 6.03 Å². The molecule has 3 amide bonds. The molecule has 0 saturated carbocycles. The van der Waals surface area contributed by atoms with E-state index in [1.54, 1.807) is 36.4 Å². The zero-order chi connectivity index (χ0) is 17.0. The zero-order valence-corrected chi connectivity index (χ0v) is 13.2. The average molecular weight is 329 g/mol. The van der Waals surface area contributed by atoms with Gasteiger partial charge in [-0.3, -0.25) is 9.59 Å². The fourth-order valence-electron chi connectivity index (χ4n) is 1.88. The second-order valence-electron chi connectivity index (χ2n) is 4.79. The molecule has 0 aromatic heterocycles. The minimum Gasteiger partial charge on any atom is -0.366 e. The molecule has 2 aromatic rings. The van der Waals surface area contributed by atoms with Crippen LogP contribution in [0.1, 0.15) is 27.6 Å². The van der Waals surface area contributed by atoms with Crippen LogP contribution in [0.25, 0.3) is 0 Å². The van der Waals surface area contributed by atoms with Gasteiger partial charge in [-0.25, -0.2) is 9.10 Å². The van der Waals surface area contributed by atoms with E-state index in [4.69, 9.17) is 5.73 Å². The number of thiol groups is 1. The first-order valence-corrected chi connectivity index (χ1v) is 7.09. The van der Waals surface area contributed by atoms with Gasteiger partial charge in [0.05, 0.1) is 5.69 Å². The Kier molecular flexibility index (Phi) is 5.02. The van der Waals surface area contributed by atoms with E-state index in [1.165, 1.54) is 19.1 Å². The quantitative estimate of drug-likeness (QED) is 0.595. The summed E-state index contributed by atoms with van der Waals surface area (Å²) < 4.78 is 1.09. The van der Waals surface area contributed by atoms with E-state index in [0.29, 0.717) is 22.5 Å². The Morgan fingerprint density at radius 2 is 1.70 bits per heavy atom. The standard InChI is InChI=1S/C16H15N3O3S/c1-10(20)12-3-2-4-13(9-12)18-16(22)19(23)14-7-5-11(6-8-14)15(17)21/h2-9,23H,1H3,(H2,17,21)(H,18,22). The van der Waals surface area contributed by atoms with Crippen LogP contribution in [0, 0.1) is 0 Å². The highest BCUT2D eigenvalue weighted by molar-refractivity contribution is 7.82. The number of Topliss-reactive ketones (excluding diaryl/α,β-unsaturated/α-hetero) is 1. The fraction of sp³-hybridized carbons (Fsp3) is 0.0625. The lowest BCUT2D eigenvalue weighted by atomic mass is 10.1. The molecule has 0 saturated heterocycles. The highest BCUT2D eigenvalue weighted by atomic mass is 32.1. The van der Waals surface area contributed by atoms with Gasteiger partial charge in [-0.1, -0.05) is 24.9 Å². The Balaban J connectivity index is 2.12. The largest absolute Gasteiger partial charge is 0.366 e. The SMILES string of the molecule is CC(=O)c1cccc(NC(=O)N(S)c2ccc(C(N)=O)cc2)c1. The van der Waals surface area contributed by atoms with Gasteiger partial charge in [0.2, 0.25) is 5.91 Å². The maximum absolute atomic E-state index is 12.2. The molecule has 0 heterocycles. The summed E-state index contributed by atoms with van der Waals surface area (Å²) >= 11 is 4.14. The summed E-state index contributed by atoms with van der Waals surface area (Å²) in [5.41, 5.74) is 6.95. The first-order chi connectivity index (χ1) is 10.9. The predicted molar refractivity (Wildman–Crippen MR) is 91.9 cm³/mol. The molecule has 0 aliphatic heterocycles. The van der Waals surface area contributed by atoms with Crippen molar-refractivity contribution in [1.29, 1.82) is 0 Å². The van der Waals surface area contributed by atoms with Crippen LogP contribution in [0.3, 0.4) is 0 Å². The Labute approximate surface area is 138 Å². The summed E-state index contributed by atoms with van der Waals surface area (Å²) in [5.74, 6) is -0.640. The maximum atomic E-state index is 12.2. The molecular weight excluding hydrogens is 314 g/mol. The molecule has 0 atom stereocenters. The molecule has 118 valence electrons. The smallest absolute Gasteiger partial charge is 0.336 e. The van der Waals surface area contributed by atoms with Crippen molar-refractivity contribution in [2.24, 2.45) is 5.73 Å². The van der Waals surface area contributed by atoms with E-state index in [2.05, 4.69) is 18.1 Å². The van der Waals surface area contributed by atoms with Crippen molar-refractivity contribution in [1.82, 2.24) is 0 Å². The van der Waals surface area contributed by atoms with Gasteiger partial charge in [-0.2, -0.15) is 0 Å². The molecule has 0 bridgehead atoms. The lowest BCUT2D eigenvalue weighted by Gasteiger charge is -2.17. The Hall–Kier alpha value is -2.80. The van der Waals surface area contributed by atoms with Crippen molar-refractivity contribution < 1.29 is 14.4 Å². The van der Waals surface area contributed by atoms with E-state index in [0.717, 1.165) is 4.31 Å². The second-order valence-corrected chi connectivity index (χ2v) is 5.19. The van der Waals surface area contributed by atoms with E-state index >= 15 is 0 Å². The summed E-state index contributed by atoms with van der Waals surface area (Å²) in [6, 6.07) is 12.2. The third-order valence-corrected chi connectivity index (χ3v) is 3.52. The number of urea groups is 1.